The number of hydrogen-bond donors (Lipinski definition) is 2. The van der Waals surface area contributed by atoms with Gasteiger partial charge in [0.25, 0.3) is 0 Å². The van der Waals surface area contributed by atoms with E-state index in [1.807, 2.05) is 6.07 Å². The Kier molecular flexibility index (Phi) is 3.62. The average Bonchev–Trinajstić information content (AvgIpc) is 3.06. The maximum absolute atomic E-state index is 3.99. The Morgan fingerprint density at radius 3 is 2.65 bits per heavy atom. The molecule has 1 saturated carbocycles. The summed E-state index contributed by atoms with van der Waals surface area (Å²) >= 11 is 0. The molecule has 1 aliphatic rings. The molecule has 20 heavy (non-hydrogen) atoms. The van der Waals surface area contributed by atoms with Gasteiger partial charge in [-0.1, -0.05) is 38.1 Å². The maximum atomic E-state index is 3.99. The smallest absolute Gasteiger partial charge is 0.0650 e. The number of aromatic nitrogens is 2. The molecular weight excluding hydrogens is 246 g/mol. The first kappa shape index (κ1) is 13.4. The lowest BCUT2D eigenvalue weighted by molar-refractivity contribution is 0.364. The van der Waals surface area contributed by atoms with E-state index >= 15 is 0 Å². The minimum Gasteiger partial charge on any atom is -0.310 e. The largest absolute Gasteiger partial charge is 0.310 e. The molecule has 1 aliphatic carbocycles. The molecule has 1 fully saturated rings. The molecule has 1 unspecified atom stereocenters. The summed E-state index contributed by atoms with van der Waals surface area (Å²) in [6.07, 6.45) is 5.72. The number of rotatable bonds is 4. The van der Waals surface area contributed by atoms with Crippen molar-refractivity contribution < 1.29 is 0 Å². The molecule has 1 aromatic heterocycles. The molecule has 0 saturated heterocycles. The van der Waals surface area contributed by atoms with Crippen molar-refractivity contribution in [3.8, 4) is 11.3 Å². The lowest BCUT2D eigenvalue weighted by atomic mass is 9.92. The predicted octanol–water partition coefficient (Wildman–Crippen LogP) is 3.75. The molecule has 3 rings (SSSR count). The fourth-order valence-corrected chi connectivity index (χ4v) is 3.09. The standard InChI is InChI=1S/C17H23N3/c1-17(2)9-7-15(11-17)18-12-13-3-5-14(6-4-13)16-8-10-19-20-16/h3-6,8,10,15,18H,7,9,11-12H2,1-2H3,(H,19,20). The SMILES string of the molecule is CC1(C)CCC(NCc2ccc(-c3ccn[nH]3)cc2)C1. The van der Waals surface area contributed by atoms with Crippen molar-refractivity contribution in [1.82, 2.24) is 15.5 Å². The summed E-state index contributed by atoms with van der Waals surface area (Å²) in [5, 5.41) is 10.7. The third kappa shape index (κ3) is 3.10. The topological polar surface area (TPSA) is 40.7 Å². The van der Waals surface area contributed by atoms with E-state index < -0.39 is 0 Å². The van der Waals surface area contributed by atoms with Gasteiger partial charge >= 0.3 is 0 Å². The molecule has 3 heteroatoms. The van der Waals surface area contributed by atoms with Crippen molar-refractivity contribution in [2.45, 2.75) is 45.7 Å². The van der Waals surface area contributed by atoms with Crippen molar-refractivity contribution in [1.29, 1.82) is 0 Å². The van der Waals surface area contributed by atoms with Gasteiger partial charge in [-0.25, -0.2) is 0 Å². The minimum absolute atomic E-state index is 0.516. The highest BCUT2D eigenvalue weighted by molar-refractivity contribution is 5.58. The summed E-state index contributed by atoms with van der Waals surface area (Å²) in [5.74, 6) is 0. The zero-order valence-electron chi connectivity index (χ0n) is 12.3. The third-order valence-electron chi connectivity index (χ3n) is 4.33. The number of hydrogen-bond acceptors (Lipinski definition) is 2. The van der Waals surface area contributed by atoms with Gasteiger partial charge in [-0.2, -0.15) is 5.10 Å². The Hall–Kier alpha value is -1.61. The summed E-state index contributed by atoms with van der Waals surface area (Å²) in [5.41, 5.74) is 4.12. The summed E-state index contributed by atoms with van der Waals surface area (Å²) in [4.78, 5) is 0. The zero-order valence-corrected chi connectivity index (χ0v) is 12.3. The Morgan fingerprint density at radius 1 is 1.25 bits per heavy atom. The fraction of sp³-hybridized carbons (Fsp3) is 0.471. The van der Waals surface area contributed by atoms with E-state index in [1.165, 1.54) is 30.4 Å². The van der Waals surface area contributed by atoms with Gasteiger partial charge in [-0.05, 0) is 41.9 Å². The highest BCUT2D eigenvalue weighted by Crippen LogP contribution is 2.36. The fourth-order valence-electron chi connectivity index (χ4n) is 3.09. The van der Waals surface area contributed by atoms with Crippen molar-refractivity contribution in [2.24, 2.45) is 5.41 Å². The van der Waals surface area contributed by atoms with Crippen LogP contribution in [0.3, 0.4) is 0 Å². The molecule has 1 aromatic carbocycles. The third-order valence-corrected chi connectivity index (χ3v) is 4.33. The predicted molar refractivity (Wildman–Crippen MR) is 82.3 cm³/mol. The highest BCUT2D eigenvalue weighted by Gasteiger charge is 2.30. The number of benzene rings is 1. The second-order valence-electron chi connectivity index (χ2n) is 6.65. The summed E-state index contributed by atoms with van der Waals surface area (Å²) in [6.45, 7) is 5.70. The van der Waals surface area contributed by atoms with Gasteiger partial charge < -0.3 is 5.32 Å². The first-order chi connectivity index (χ1) is 9.62. The van der Waals surface area contributed by atoms with Crippen LogP contribution < -0.4 is 5.32 Å². The van der Waals surface area contributed by atoms with Crippen LogP contribution in [-0.4, -0.2) is 16.2 Å². The van der Waals surface area contributed by atoms with Crippen LogP contribution in [0.2, 0.25) is 0 Å². The van der Waals surface area contributed by atoms with Crippen LogP contribution in [0.4, 0.5) is 0 Å². The molecule has 1 atom stereocenters. The molecule has 1 heterocycles. The Morgan fingerprint density at radius 2 is 2.05 bits per heavy atom. The van der Waals surface area contributed by atoms with Crippen LogP contribution in [0, 0.1) is 5.41 Å². The van der Waals surface area contributed by atoms with E-state index in [-0.39, 0.29) is 0 Å². The van der Waals surface area contributed by atoms with Crippen LogP contribution in [0.25, 0.3) is 11.3 Å². The number of nitrogens with zero attached hydrogens (tertiary/aromatic N) is 1. The molecule has 0 spiro atoms. The lowest BCUT2D eigenvalue weighted by Crippen LogP contribution is -2.26. The van der Waals surface area contributed by atoms with Crippen molar-refractivity contribution in [3.63, 3.8) is 0 Å². The monoisotopic (exact) mass is 269 g/mol. The normalized spacial score (nSPS) is 21.2. The van der Waals surface area contributed by atoms with Crippen LogP contribution in [0.1, 0.15) is 38.7 Å². The van der Waals surface area contributed by atoms with Gasteiger partial charge in [0, 0.05) is 18.8 Å². The highest BCUT2D eigenvalue weighted by atomic mass is 15.1. The van der Waals surface area contributed by atoms with Crippen LogP contribution in [-0.2, 0) is 6.54 Å². The van der Waals surface area contributed by atoms with E-state index in [1.54, 1.807) is 6.20 Å². The molecule has 3 nitrogen and oxygen atoms in total. The minimum atomic E-state index is 0.516. The Labute approximate surface area is 120 Å². The quantitative estimate of drug-likeness (QED) is 0.887. The Balaban J connectivity index is 1.56. The lowest BCUT2D eigenvalue weighted by Gasteiger charge is -2.18. The summed E-state index contributed by atoms with van der Waals surface area (Å²) < 4.78 is 0. The van der Waals surface area contributed by atoms with Crippen LogP contribution in [0.15, 0.2) is 36.5 Å². The Bertz CT molecular complexity index is 540. The second kappa shape index (κ2) is 5.41. The van der Waals surface area contributed by atoms with E-state index in [2.05, 4.69) is 53.6 Å². The summed E-state index contributed by atoms with van der Waals surface area (Å²) in [6, 6.07) is 11.4. The first-order valence-corrected chi connectivity index (χ1v) is 7.44. The van der Waals surface area contributed by atoms with Crippen molar-refractivity contribution in [2.75, 3.05) is 0 Å². The molecule has 0 amide bonds. The van der Waals surface area contributed by atoms with Crippen LogP contribution in [0.5, 0.6) is 0 Å². The molecular formula is C17H23N3. The van der Waals surface area contributed by atoms with E-state index in [0.717, 1.165) is 12.2 Å². The van der Waals surface area contributed by atoms with Gasteiger partial charge in [0.05, 0.1) is 5.69 Å². The first-order valence-electron chi connectivity index (χ1n) is 7.44. The van der Waals surface area contributed by atoms with Gasteiger partial charge in [0.2, 0.25) is 0 Å². The number of aromatic amines is 1. The van der Waals surface area contributed by atoms with E-state index in [0.29, 0.717) is 11.5 Å². The molecule has 0 bridgehead atoms. The van der Waals surface area contributed by atoms with Crippen molar-refractivity contribution >= 4 is 0 Å². The number of nitrogens with one attached hydrogen (secondary N) is 2. The van der Waals surface area contributed by atoms with E-state index in [9.17, 15) is 0 Å². The molecule has 0 radical (unpaired) electrons. The van der Waals surface area contributed by atoms with Gasteiger partial charge in [0.1, 0.15) is 0 Å². The van der Waals surface area contributed by atoms with Gasteiger partial charge in [-0.15, -0.1) is 0 Å². The van der Waals surface area contributed by atoms with Gasteiger partial charge in [0.15, 0.2) is 0 Å². The van der Waals surface area contributed by atoms with Crippen molar-refractivity contribution in [3.05, 3.63) is 42.1 Å². The molecule has 2 N–H and O–H groups in total. The average molecular weight is 269 g/mol. The maximum Gasteiger partial charge on any atom is 0.0650 e. The number of H-pyrrole nitrogens is 1. The second-order valence-corrected chi connectivity index (χ2v) is 6.65. The van der Waals surface area contributed by atoms with Crippen LogP contribution >= 0.6 is 0 Å². The van der Waals surface area contributed by atoms with Gasteiger partial charge in [-0.3, -0.25) is 5.10 Å². The van der Waals surface area contributed by atoms with E-state index in [4.69, 9.17) is 0 Å². The molecule has 106 valence electrons. The zero-order chi connectivity index (χ0) is 14.0. The molecule has 0 aliphatic heterocycles. The molecule has 2 aromatic rings. The summed E-state index contributed by atoms with van der Waals surface area (Å²) in [7, 11) is 0.